The van der Waals surface area contributed by atoms with Crippen LogP contribution in [0.1, 0.15) is 5.56 Å². The predicted molar refractivity (Wildman–Crippen MR) is 107 cm³/mol. The molecule has 0 saturated heterocycles. The van der Waals surface area contributed by atoms with Crippen LogP contribution in [0.25, 0.3) is 39.8 Å². The fourth-order valence-electron chi connectivity index (χ4n) is 3.35. The smallest absolute Gasteiger partial charge is 0.225 e. The third kappa shape index (κ3) is 2.87. The van der Waals surface area contributed by atoms with Crippen LogP contribution in [0.2, 0.25) is 0 Å². The number of nitrogens with two attached hydrogens (primary N) is 1. The van der Waals surface area contributed by atoms with Gasteiger partial charge in [0.2, 0.25) is 11.8 Å². The quantitative estimate of drug-likeness (QED) is 0.417. The number of pyridine rings is 1. The highest BCUT2D eigenvalue weighted by molar-refractivity contribution is 5.90. The maximum Gasteiger partial charge on any atom is 0.225 e. The lowest BCUT2D eigenvalue weighted by Gasteiger charge is -2.05. The highest BCUT2D eigenvalue weighted by Crippen LogP contribution is 2.23. The van der Waals surface area contributed by atoms with Gasteiger partial charge in [-0.25, -0.2) is 14.8 Å². The number of aromatic amines is 1. The van der Waals surface area contributed by atoms with Crippen LogP contribution in [0.3, 0.4) is 0 Å². The number of nitrogens with one attached hydrogen (secondary N) is 1. The summed E-state index contributed by atoms with van der Waals surface area (Å²) in [4.78, 5) is 13.4. The molecule has 3 N–H and O–H groups in total. The highest BCUT2D eigenvalue weighted by atomic mass is 16.3. The van der Waals surface area contributed by atoms with Gasteiger partial charge in [-0.3, -0.25) is 4.98 Å². The number of furan rings is 1. The monoisotopic (exact) mass is 414 g/mol. The number of nitrogen functional groups attached to an aromatic ring is 1. The highest BCUT2D eigenvalue weighted by Gasteiger charge is 2.17. The molecule has 0 saturated carbocycles. The van der Waals surface area contributed by atoms with Gasteiger partial charge in [-0.2, -0.15) is 14.6 Å². The zero-order valence-electron chi connectivity index (χ0n) is 15.9. The Balaban J connectivity index is 1.30. The van der Waals surface area contributed by atoms with E-state index in [1.807, 2.05) is 12.1 Å². The molecule has 6 aromatic rings. The lowest BCUT2D eigenvalue weighted by molar-refractivity contribution is 0.577. The number of aromatic nitrogens is 11. The molecule has 0 aliphatic carbocycles. The molecule has 6 heterocycles. The number of H-pyrrole nitrogens is 1. The van der Waals surface area contributed by atoms with Gasteiger partial charge in [-0.1, -0.05) is 6.07 Å². The molecule has 0 amide bonds. The van der Waals surface area contributed by atoms with Gasteiger partial charge in [0, 0.05) is 12.7 Å². The minimum absolute atomic E-state index is 0.223. The van der Waals surface area contributed by atoms with Crippen molar-refractivity contribution < 1.29 is 4.42 Å². The molecular weight excluding hydrogens is 400 g/mol. The molecule has 0 spiro atoms. The fourth-order valence-corrected chi connectivity index (χ4v) is 3.35. The maximum atomic E-state index is 6.14. The third-order valence-electron chi connectivity index (χ3n) is 4.86. The van der Waals surface area contributed by atoms with Gasteiger partial charge in [0.05, 0.1) is 17.8 Å². The van der Waals surface area contributed by atoms with Crippen molar-refractivity contribution in [2.24, 2.45) is 0 Å². The number of fused-ring (bicyclic) bond motifs is 3. The molecule has 0 fully saturated rings. The largest absolute Gasteiger partial charge is 0.461 e. The van der Waals surface area contributed by atoms with E-state index < -0.39 is 0 Å². The van der Waals surface area contributed by atoms with Crippen LogP contribution in [0.4, 0.5) is 5.95 Å². The van der Waals surface area contributed by atoms with E-state index in [1.54, 1.807) is 35.5 Å². The predicted octanol–water partition coefficient (Wildman–Crippen LogP) is 1.13. The van der Waals surface area contributed by atoms with Crippen molar-refractivity contribution in [2.45, 2.75) is 13.0 Å². The zero-order valence-corrected chi connectivity index (χ0v) is 15.9. The van der Waals surface area contributed by atoms with E-state index in [0.717, 1.165) is 10.9 Å². The van der Waals surface area contributed by atoms with Crippen LogP contribution in [-0.4, -0.2) is 55.0 Å². The van der Waals surface area contributed by atoms with Crippen LogP contribution in [0.15, 0.2) is 47.3 Å². The Morgan fingerprint density at radius 1 is 1.10 bits per heavy atom. The average Bonchev–Trinajstić information content (AvgIpc) is 3.59. The molecular formula is C18H14N12O. The van der Waals surface area contributed by atoms with Gasteiger partial charge in [0.1, 0.15) is 5.69 Å². The van der Waals surface area contributed by atoms with E-state index in [4.69, 9.17) is 10.2 Å². The number of tetrazole rings is 1. The molecule has 152 valence electrons. The Bertz CT molecular complexity index is 1480. The van der Waals surface area contributed by atoms with Gasteiger partial charge < -0.3 is 10.2 Å². The second kappa shape index (κ2) is 6.69. The number of aryl methyl sites for hydroxylation is 2. The molecule has 0 bridgehead atoms. The second-order valence-corrected chi connectivity index (χ2v) is 6.77. The number of hydrogen-bond donors (Lipinski definition) is 2. The van der Waals surface area contributed by atoms with Crippen molar-refractivity contribution in [3.63, 3.8) is 0 Å². The molecule has 0 aliphatic heterocycles. The summed E-state index contributed by atoms with van der Waals surface area (Å²) < 4.78 is 8.67. The van der Waals surface area contributed by atoms with Crippen molar-refractivity contribution in [3.8, 4) is 23.1 Å². The molecule has 0 radical (unpaired) electrons. The number of anilines is 1. The first-order valence-electron chi connectivity index (χ1n) is 9.37. The Morgan fingerprint density at radius 3 is 2.84 bits per heavy atom. The normalized spacial score (nSPS) is 11.6. The van der Waals surface area contributed by atoms with Crippen molar-refractivity contribution in [1.29, 1.82) is 0 Å². The van der Waals surface area contributed by atoms with Crippen LogP contribution in [0.5, 0.6) is 0 Å². The molecule has 0 atom stereocenters. The van der Waals surface area contributed by atoms with Crippen LogP contribution in [-0.2, 0) is 13.0 Å². The molecule has 13 heteroatoms. The number of nitrogens with zero attached hydrogens (tertiary/aromatic N) is 10. The summed E-state index contributed by atoms with van der Waals surface area (Å²) in [7, 11) is 0. The summed E-state index contributed by atoms with van der Waals surface area (Å²) in [6.07, 6.45) is 5.78. The van der Waals surface area contributed by atoms with Crippen molar-refractivity contribution in [1.82, 2.24) is 55.0 Å². The van der Waals surface area contributed by atoms with Crippen molar-refractivity contribution in [2.75, 3.05) is 5.73 Å². The van der Waals surface area contributed by atoms with Crippen molar-refractivity contribution in [3.05, 3.63) is 48.5 Å². The summed E-state index contributed by atoms with van der Waals surface area (Å²) in [5, 5.41) is 23.3. The van der Waals surface area contributed by atoms with Gasteiger partial charge in [0.25, 0.3) is 0 Å². The third-order valence-corrected chi connectivity index (χ3v) is 4.86. The molecule has 31 heavy (non-hydrogen) atoms. The summed E-state index contributed by atoms with van der Waals surface area (Å²) in [5.74, 6) is 1.74. The summed E-state index contributed by atoms with van der Waals surface area (Å²) in [6, 6.07) is 7.41. The number of rotatable bonds is 5. The Labute approximate surface area is 172 Å². The first-order valence-corrected chi connectivity index (χ1v) is 9.37. The Hall–Kier alpha value is -4.68. The minimum Gasteiger partial charge on any atom is -0.461 e. The molecule has 0 unspecified atom stereocenters. The average molecular weight is 414 g/mol. The fraction of sp³-hybridized carbons (Fsp3) is 0.111. The van der Waals surface area contributed by atoms with Crippen molar-refractivity contribution >= 4 is 22.6 Å². The lowest BCUT2D eigenvalue weighted by Crippen LogP contribution is -2.07. The second-order valence-electron chi connectivity index (χ2n) is 6.77. The minimum atomic E-state index is 0.223. The first kappa shape index (κ1) is 17.2. The summed E-state index contributed by atoms with van der Waals surface area (Å²) in [6.45, 7) is 0.593. The van der Waals surface area contributed by atoms with Crippen LogP contribution in [0, 0.1) is 0 Å². The topological polar surface area (TPSA) is 167 Å². The maximum absolute atomic E-state index is 6.14. The van der Waals surface area contributed by atoms with E-state index >= 15 is 0 Å². The van der Waals surface area contributed by atoms with E-state index in [-0.39, 0.29) is 5.95 Å². The number of hydrogen-bond acceptors (Lipinski definition) is 10. The van der Waals surface area contributed by atoms with Gasteiger partial charge in [-0.15, -0.1) is 10.2 Å². The van der Waals surface area contributed by atoms with Gasteiger partial charge in [-0.05, 0) is 40.6 Å². The SMILES string of the molecule is Nc1nc2c(cnn2CCc2ccc(-c3nnn[nH]3)nc2)c2nc(-c3ccco3)nn12. The Kier molecular flexibility index (Phi) is 3.71. The van der Waals surface area contributed by atoms with Gasteiger partial charge >= 0.3 is 0 Å². The van der Waals surface area contributed by atoms with Gasteiger partial charge in [0.15, 0.2) is 22.9 Å². The lowest BCUT2D eigenvalue weighted by atomic mass is 10.2. The summed E-state index contributed by atoms with van der Waals surface area (Å²) in [5.41, 5.74) is 9.06. The Morgan fingerprint density at radius 2 is 2.06 bits per heavy atom. The van der Waals surface area contributed by atoms with E-state index in [1.165, 1.54) is 4.52 Å². The molecule has 6 rings (SSSR count). The zero-order chi connectivity index (χ0) is 20.8. The van der Waals surface area contributed by atoms with E-state index in [0.29, 0.717) is 47.4 Å². The van der Waals surface area contributed by atoms with Crippen LogP contribution < -0.4 is 5.73 Å². The summed E-state index contributed by atoms with van der Waals surface area (Å²) >= 11 is 0. The molecule has 0 aliphatic rings. The standard InChI is InChI=1S/C18H14N12O/c19-18-23-16-11(17-22-15(26-30(17)18)13-2-1-7-31-13)9-21-29(16)6-5-10-3-4-12(20-8-10)14-24-27-28-25-14/h1-4,7-9H,5-6H2,(H2,19,23)(H,24,25,27,28). The first-order chi connectivity index (χ1) is 15.3. The van der Waals surface area contributed by atoms with Crippen LogP contribution >= 0.6 is 0 Å². The van der Waals surface area contributed by atoms with E-state index in [2.05, 4.69) is 45.8 Å². The van der Waals surface area contributed by atoms with E-state index in [9.17, 15) is 0 Å². The molecule has 6 aromatic heterocycles. The molecule has 13 nitrogen and oxygen atoms in total. The molecule has 0 aromatic carbocycles.